The van der Waals surface area contributed by atoms with Gasteiger partial charge in [-0.3, -0.25) is 0 Å². The highest BCUT2D eigenvalue weighted by atomic mass is 28.4. The highest BCUT2D eigenvalue weighted by molar-refractivity contribution is 6.70. The van der Waals surface area contributed by atoms with E-state index in [-0.39, 0.29) is 0 Å². The van der Waals surface area contributed by atoms with Gasteiger partial charge >= 0.3 is 0 Å². The van der Waals surface area contributed by atoms with Gasteiger partial charge in [0.2, 0.25) is 8.32 Å². The largest absolute Gasteiger partial charge is 0.544 e. The Morgan fingerprint density at radius 3 is 2.70 bits per heavy atom. The standard InChI is InChI=1S/C21H32OSi/c1-21-12-5-6-20(21)19-9-7-15-14-16(22-23(2,3)4)8-10-17(15)18(19)11-13-21/h8,10,14,18-20H,5-7,9,11-13H2,1-4H3/t18-,19-,20+,21+/m1/s1. The summed E-state index contributed by atoms with van der Waals surface area (Å²) in [6, 6.07) is 7.04. The van der Waals surface area contributed by atoms with E-state index in [1.807, 2.05) is 0 Å². The van der Waals surface area contributed by atoms with E-state index in [9.17, 15) is 0 Å². The molecule has 1 aromatic rings. The molecule has 2 heteroatoms. The molecule has 0 bridgehead atoms. The van der Waals surface area contributed by atoms with E-state index in [0.717, 1.165) is 23.5 Å². The van der Waals surface area contributed by atoms with E-state index in [1.165, 1.54) is 44.9 Å². The zero-order valence-corrected chi connectivity index (χ0v) is 16.3. The van der Waals surface area contributed by atoms with Gasteiger partial charge in [-0.2, -0.15) is 0 Å². The van der Waals surface area contributed by atoms with Crippen LogP contribution >= 0.6 is 0 Å². The number of aryl methyl sites for hydroxylation is 1. The van der Waals surface area contributed by atoms with E-state index in [2.05, 4.69) is 44.8 Å². The van der Waals surface area contributed by atoms with Crippen molar-refractivity contribution >= 4 is 8.32 Å². The molecule has 0 heterocycles. The van der Waals surface area contributed by atoms with Gasteiger partial charge in [0.15, 0.2) is 0 Å². The molecule has 1 aromatic carbocycles. The van der Waals surface area contributed by atoms with E-state index in [0.29, 0.717) is 5.41 Å². The Balaban J connectivity index is 1.61. The number of hydrogen-bond donors (Lipinski definition) is 0. The molecular weight excluding hydrogens is 296 g/mol. The molecule has 0 N–H and O–H groups in total. The lowest BCUT2D eigenvalue weighted by Crippen LogP contribution is -2.39. The Morgan fingerprint density at radius 2 is 1.91 bits per heavy atom. The summed E-state index contributed by atoms with van der Waals surface area (Å²) in [6.07, 6.45) is 9.99. The van der Waals surface area contributed by atoms with Gasteiger partial charge in [0.05, 0.1) is 0 Å². The fraction of sp³-hybridized carbons (Fsp3) is 0.714. The minimum Gasteiger partial charge on any atom is -0.544 e. The number of fused-ring (bicyclic) bond motifs is 5. The zero-order valence-electron chi connectivity index (χ0n) is 15.3. The molecule has 126 valence electrons. The SMILES string of the molecule is C[C@@]12CCC[C@H]1[C@@H]1CCc3cc(O[Si](C)(C)C)ccc3[C@H]1CC2. The molecule has 0 saturated heterocycles. The molecule has 3 aliphatic carbocycles. The van der Waals surface area contributed by atoms with Gasteiger partial charge in [0.25, 0.3) is 0 Å². The second kappa shape index (κ2) is 5.37. The number of benzene rings is 1. The van der Waals surface area contributed by atoms with Crippen molar-refractivity contribution in [3.63, 3.8) is 0 Å². The summed E-state index contributed by atoms with van der Waals surface area (Å²) in [5.74, 6) is 3.89. The summed E-state index contributed by atoms with van der Waals surface area (Å²) < 4.78 is 6.23. The van der Waals surface area contributed by atoms with Crippen molar-refractivity contribution < 1.29 is 4.43 Å². The molecule has 0 unspecified atom stereocenters. The predicted octanol–water partition coefficient (Wildman–Crippen LogP) is 6.15. The fourth-order valence-corrected chi connectivity index (χ4v) is 6.80. The third-order valence-electron chi connectivity index (χ3n) is 6.90. The maximum Gasteiger partial charge on any atom is 0.242 e. The molecule has 0 radical (unpaired) electrons. The Hall–Kier alpha value is -0.763. The van der Waals surface area contributed by atoms with Crippen molar-refractivity contribution in [3.05, 3.63) is 29.3 Å². The van der Waals surface area contributed by atoms with Crippen LogP contribution in [0.25, 0.3) is 0 Å². The first-order valence-electron chi connectivity index (χ1n) is 9.68. The van der Waals surface area contributed by atoms with Crippen LogP contribution in [0.3, 0.4) is 0 Å². The highest BCUT2D eigenvalue weighted by Gasteiger charge is 2.50. The fourth-order valence-electron chi connectivity index (χ4n) is 5.97. The molecule has 0 amide bonds. The van der Waals surface area contributed by atoms with Crippen molar-refractivity contribution in [2.45, 2.75) is 77.4 Å². The summed E-state index contributed by atoms with van der Waals surface area (Å²) in [5.41, 5.74) is 3.92. The maximum atomic E-state index is 6.23. The first kappa shape index (κ1) is 15.7. The monoisotopic (exact) mass is 328 g/mol. The third-order valence-corrected chi connectivity index (χ3v) is 7.75. The third kappa shape index (κ3) is 2.77. The van der Waals surface area contributed by atoms with Gasteiger partial charge in [-0.25, -0.2) is 0 Å². The minimum absolute atomic E-state index is 0.666. The van der Waals surface area contributed by atoms with Crippen molar-refractivity contribution in [1.82, 2.24) is 0 Å². The van der Waals surface area contributed by atoms with Gasteiger partial charge < -0.3 is 4.43 Å². The van der Waals surface area contributed by atoms with Gasteiger partial charge in [0.1, 0.15) is 5.75 Å². The highest BCUT2D eigenvalue weighted by Crippen LogP contribution is 2.60. The lowest BCUT2D eigenvalue weighted by atomic mass is 9.56. The summed E-state index contributed by atoms with van der Waals surface area (Å²) in [7, 11) is -1.51. The molecule has 4 rings (SSSR count). The van der Waals surface area contributed by atoms with Gasteiger partial charge in [-0.05, 0) is 105 Å². The van der Waals surface area contributed by atoms with E-state index in [4.69, 9.17) is 4.43 Å². The minimum atomic E-state index is -1.51. The van der Waals surface area contributed by atoms with E-state index in [1.54, 1.807) is 11.1 Å². The Bertz CT molecular complexity index is 602. The Morgan fingerprint density at radius 1 is 1.09 bits per heavy atom. The van der Waals surface area contributed by atoms with Crippen LogP contribution in [0.4, 0.5) is 0 Å². The topological polar surface area (TPSA) is 9.23 Å². The molecule has 0 aliphatic heterocycles. The lowest BCUT2D eigenvalue weighted by Gasteiger charge is -2.49. The molecular formula is C21H32OSi. The number of rotatable bonds is 2. The van der Waals surface area contributed by atoms with Crippen molar-refractivity contribution in [2.75, 3.05) is 0 Å². The van der Waals surface area contributed by atoms with Crippen LogP contribution in [0.2, 0.25) is 19.6 Å². The van der Waals surface area contributed by atoms with E-state index < -0.39 is 8.32 Å². The van der Waals surface area contributed by atoms with Gasteiger partial charge in [-0.1, -0.05) is 19.4 Å². The average Bonchev–Trinajstić information content (AvgIpc) is 2.86. The summed E-state index contributed by atoms with van der Waals surface area (Å²) >= 11 is 0. The van der Waals surface area contributed by atoms with Crippen LogP contribution in [-0.4, -0.2) is 8.32 Å². The van der Waals surface area contributed by atoms with Gasteiger partial charge in [-0.15, -0.1) is 0 Å². The molecule has 3 aliphatic rings. The van der Waals surface area contributed by atoms with Crippen molar-refractivity contribution in [2.24, 2.45) is 17.3 Å². The summed E-state index contributed by atoms with van der Waals surface area (Å²) in [4.78, 5) is 0. The molecule has 23 heavy (non-hydrogen) atoms. The zero-order chi connectivity index (χ0) is 16.2. The van der Waals surface area contributed by atoms with Crippen LogP contribution < -0.4 is 4.43 Å². The van der Waals surface area contributed by atoms with E-state index >= 15 is 0 Å². The first-order valence-corrected chi connectivity index (χ1v) is 13.1. The summed E-state index contributed by atoms with van der Waals surface area (Å²) in [6.45, 7) is 9.39. The smallest absolute Gasteiger partial charge is 0.242 e. The Labute approximate surface area is 143 Å². The lowest BCUT2D eigenvalue weighted by molar-refractivity contribution is 0.0598. The molecule has 1 nitrogen and oxygen atoms in total. The second-order valence-electron chi connectivity index (χ2n) is 9.58. The van der Waals surface area contributed by atoms with Gasteiger partial charge in [0, 0.05) is 0 Å². The summed E-state index contributed by atoms with van der Waals surface area (Å²) in [5, 5.41) is 0. The molecule has 0 spiro atoms. The number of hydrogen-bond acceptors (Lipinski definition) is 1. The quantitative estimate of drug-likeness (QED) is 0.592. The predicted molar refractivity (Wildman–Crippen MR) is 99.7 cm³/mol. The van der Waals surface area contributed by atoms with Crippen molar-refractivity contribution in [1.29, 1.82) is 0 Å². The Kier molecular flexibility index (Phi) is 3.68. The molecule has 4 atom stereocenters. The maximum absolute atomic E-state index is 6.23. The first-order chi connectivity index (χ1) is 10.9. The van der Waals surface area contributed by atoms with Crippen LogP contribution in [0.1, 0.15) is 62.5 Å². The van der Waals surface area contributed by atoms with Crippen LogP contribution in [0.15, 0.2) is 18.2 Å². The molecule has 0 aromatic heterocycles. The molecule has 2 fully saturated rings. The average molecular weight is 329 g/mol. The normalized spacial score (nSPS) is 36.1. The van der Waals surface area contributed by atoms with Crippen LogP contribution in [0, 0.1) is 17.3 Å². The second-order valence-corrected chi connectivity index (χ2v) is 14.0. The molecule has 2 saturated carbocycles. The van der Waals surface area contributed by atoms with Crippen molar-refractivity contribution in [3.8, 4) is 5.75 Å². The van der Waals surface area contributed by atoms with Crippen LogP contribution in [-0.2, 0) is 6.42 Å². The van der Waals surface area contributed by atoms with Crippen LogP contribution in [0.5, 0.6) is 5.75 Å².